The average Bonchev–Trinajstić information content (AvgIpc) is 2.81. The maximum Gasteiger partial charge on any atom is 0.304 e. The van der Waals surface area contributed by atoms with Gasteiger partial charge in [-0.05, 0) is 38.0 Å². The molecule has 0 heterocycles. The Morgan fingerprint density at radius 2 is 1.48 bits per heavy atom. The van der Waals surface area contributed by atoms with Gasteiger partial charge in [-0.1, -0.05) is 55.5 Å². The number of hydrogen-bond acceptors (Lipinski definition) is 4. The summed E-state index contributed by atoms with van der Waals surface area (Å²) >= 11 is 0. The largest absolute Gasteiger partial charge is 0.352 e. The second-order valence-electron chi connectivity index (χ2n) is 8.13. The zero-order chi connectivity index (χ0) is 24.6. The summed E-state index contributed by atoms with van der Waals surface area (Å²) in [7, 11) is -1.11. The first-order valence-electron chi connectivity index (χ1n) is 11.0. The van der Waals surface area contributed by atoms with Crippen LogP contribution in [0.5, 0.6) is 0 Å². The quantitative estimate of drug-likeness (QED) is 0.542. The summed E-state index contributed by atoms with van der Waals surface area (Å²) in [4.78, 5) is 27.8. The standard InChI is InChI=1S/C24H34N4O4S/c1-6-19(2)25-24(30)20(3)27(17-21-13-9-7-10-14-21)23(29)18-28(33(31,32)26(4)5)22-15-11-8-12-16-22/h7-16,19-20H,6,17-18H2,1-5H3,(H,25,30). The molecule has 2 aromatic rings. The fraction of sp³-hybridized carbons (Fsp3) is 0.417. The van der Waals surface area contributed by atoms with Crippen molar-refractivity contribution in [2.24, 2.45) is 0 Å². The van der Waals surface area contributed by atoms with Crippen molar-refractivity contribution in [1.29, 1.82) is 0 Å². The molecule has 33 heavy (non-hydrogen) atoms. The Bertz CT molecular complexity index is 1010. The summed E-state index contributed by atoms with van der Waals surface area (Å²) in [5.74, 6) is -0.754. The van der Waals surface area contributed by atoms with Crippen molar-refractivity contribution in [2.45, 2.75) is 45.8 Å². The van der Waals surface area contributed by atoms with E-state index in [2.05, 4.69) is 5.32 Å². The molecule has 8 nitrogen and oxygen atoms in total. The normalized spacial score (nSPS) is 13.3. The lowest BCUT2D eigenvalue weighted by Crippen LogP contribution is -2.53. The number of nitrogens with one attached hydrogen (secondary N) is 1. The van der Waals surface area contributed by atoms with Crippen LogP contribution >= 0.6 is 0 Å². The van der Waals surface area contributed by atoms with E-state index >= 15 is 0 Å². The third-order valence-corrected chi connectivity index (χ3v) is 7.25. The molecular formula is C24H34N4O4S. The zero-order valence-corrected chi connectivity index (χ0v) is 20.7. The smallest absolute Gasteiger partial charge is 0.304 e. The number of amides is 2. The van der Waals surface area contributed by atoms with Crippen LogP contribution in [0, 0.1) is 0 Å². The molecule has 0 aromatic heterocycles. The van der Waals surface area contributed by atoms with Crippen LogP contribution in [0.3, 0.4) is 0 Å². The maximum absolute atomic E-state index is 13.5. The second kappa shape index (κ2) is 11.8. The van der Waals surface area contributed by atoms with Gasteiger partial charge in [-0.2, -0.15) is 12.7 Å². The van der Waals surface area contributed by atoms with E-state index in [0.29, 0.717) is 5.69 Å². The van der Waals surface area contributed by atoms with Crippen molar-refractivity contribution in [1.82, 2.24) is 14.5 Å². The molecule has 0 fully saturated rings. The lowest BCUT2D eigenvalue weighted by atomic mass is 10.1. The lowest BCUT2D eigenvalue weighted by Gasteiger charge is -2.33. The first-order valence-corrected chi connectivity index (χ1v) is 12.4. The highest BCUT2D eigenvalue weighted by molar-refractivity contribution is 7.90. The highest BCUT2D eigenvalue weighted by Crippen LogP contribution is 2.20. The van der Waals surface area contributed by atoms with Gasteiger partial charge < -0.3 is 10.2 Å². The van der Waals surface area contributed by atoms with Crippen LogP contribution in [-0.4, -0.2) is 62.2 Å². The summed E-state index contributed by atoms with van der Waals surface area (Å²) in [5.41, 5.74) is 1.21. The summed E-state index contributed by atoms with van der Waals surface area (Å²) in [5, 5.41) is 2.91. The molecule has 0 aliphatic rings. The van der Waals surface area contributed by atoms with E-state index in [0.717, 1.165) is 20.6 Å². The van der Waals surface area contributed by atoms with Crippen LogP contribution in [0.4, 0.5) is 5.69 Å². The van der Waals surface area contributed by atoms with Gasteiger partial charge in [0, 0.05) is 26.7 Å². The monoisotopic (exact) mass is 474 g/mol. The van der Waals surface area contributed by atoms with Gasteiger partial charge in [-0.3, -0.25) is 9.59 Å². The Balaban J connectivity index is 2.39. The number of anilines is 1. The molecule has 0 bridgehead atoms. The van der Waals surface area contributed by atoms with Crippen LogP contribution in [0.1, 0.15) is 32.8 Å². The first kappa shape index (κ1) is 26.3. The zero-order valence-electron chi connectivity index (χ0n) is 19.9. The minimum atomic E-state index is -3.94. The molecule has 9 heteroatoms. The summed E-state index contributed by atoms with van der Waals surface area (Å²) in [6.07, 6.45) is 0.758. The van der Waals surface area contributed by atoms with Gasteiger partial charge in [-0.25, -0.2) is 4.31 Å². The molecular weight excluding hydrogens is 440 g/mol. The van der Waals surface area contributed by atoms with Crippen LogP contribution in [0.2, 0.25) is 0 Å². The fourth-order valence-electron chi connectivity index (χ4n) is 3.14. The Morgan fingerprint density at radius 1 is 0.939 bits per heavy atom. The Morgan fingerprint density at radius 3 is 2.00 bits per heavy atom. The minimum absolute atomic E-state index is 0.0384. The SMILES string of the molecule is CCC(C)NC(=O)C(C)N(Cc1ccccc1)C(=O)CN(c1ccccc1)S(=O)(=O)N(C)C. The Kier molecular flexibility index (Phi) is 9.43. The molecule has 1 N–H and O–H groups in total. The molecule has 2 unspecified atom stereocenters. The second-order valence-corrected chi connectivity index (χ2v) is 10.2. The number of carbonyl (C=O) groups is 2. The number of hydrogen-bond donors (Lipinski definition) is 1. The van der Waals surface area contributed by atoms with Gasteiger partial charge in [0.25, 0.3) is 0 Å². The van der Waals surface area contributed by atoms with Crippen molar-refractivity contribution >= 4 is 27.7 Å². The van der Waals surface area contributed by atoms with E-state index in [1.54, 1.807) is 37.3 Å². The molecule has 2 amide bonds. The molecule has 0 radical (unpaired) electrons. The summed E-state index contributed by atoms with van der Waals surface area (Å²) in [6.45, 7) is 5.27. The van der Waals surface area contributed by atoms with Gasteiger partial charge in [0.15, 0.2) is 0 Å². The van der Waals surface area contributed by atoms with Gasteiger partial charge in [0.05, 0.1) is 5.69 Å². The molecule has 2 atom stereocenters. The van der Waals surface area contributed by atoms with Gasteiger partial charge in [0.2, 0.25) is 11.8 Å². The number of carbonyl (C=O) groups excluding carboxylic acids is 2. The Labute approximate surface area is 197 Å². The molecule has 2 rings (SSSR count). The average molecular weight is 475 g/mol. The molecule has 0 aliphatic carbocycles. The van der Waals surface area contributed by atoms with Crippen molar-refractivity contribution in [2.75, 3.05) is 24.9 Å². The first-order chi connectivity index (χ1) is 15.6. The predicted octanol–water partition coefficient (Wildman–Crippen LogP) is 2.63. The summed E-state index contributed by atoms with van der Waals surface area (Å²) in [6, 6.07) is 17.0. The van der Waals surface area contributed by atoms with Gasteiger partial charge >= 0.3 is 10.2 Å². The molecule has 0 aliphatic heterocycles. The molecule has 0 saturated heterocycles. The number of rotatable bonds is 11. The molecule has 2 aromatic carbocycles. The van der Waals surface area contributed by atoms with E-state index in [1.165, 1.54) is 19.0 Å². The lowest BCUT2D eigenvalue weighted by molar-refractivity contribution is -0.139. The topological polar surface area (TPSA) is 90.0 Å². The fourth-order valence-corrected chi connectivity index (χ4v) is 4.20. The van der Waals surface area contributed by atoms with Crippen molar-refractivity contribution in [3.63, 3.8) is 0 Å². The maximum atomic E-state index is 13.5. The predicted molar refractivity (Wildman–Crippen MR) is 131 cm³/mol. The Hall–Kier alpha value is -2.91. The van der Waals surface area contributed by atoms with E-state index in [4.69, 9.17) is 0 Å². The number of para-hydroxylation sites is 1. The molecule has 0 saturated carbocycles. The van der Waals surface area contributed by atoms with Crippen LogP contribution in [0.25, 0.3) is 0 Å². The summed E-state index contributed by atoms with van der Waals surface area (Å²) < 4.78 is 28.2. The van der Waals surface area contributed by atoms with E-state index in [9.17, 15) is 18.0 Å². The highest BCUT2D eigenvalue weighted by atomic mass is 32.2. The van der Waals surface area contributed by atoms with Crippen LogP contribution in [-0.2, 0) is 26.3 Å². The van der Waals surface area contributed by atoms with Crippen molar-refractivity contribution in [3.8, 4) is 0 Å². The minimum Gasteiger partial charge on any atom is -0.352 e. The van der Waals surface area contributed by atoms with Crippen molar-refractivity contribution < 1.29 is 18.0 Å². The van der Waals surface area contributed by atoms with E-state index in [1.807, 2.05) is 44.2 Å². The number of benzene rings is 2. The van der Waals surface area contributed by atoms with E-state index < -0.39 is 28.7 Å². The third-order valence-electron chi connectivity index (χ3n) is 5.43. The highest BCUT2D eigenvalue weighted by Gasteiger charge is 2.32. The van der Waals surface area contributed by atoms with Crippen molar-refractivity contribution in [3.05, 3.63) is 66.2 Å². The molecule has 0 spiro atoms. The van der Waals surface area contributed by atoms with Gasteiger partial charge in [0.1, 0.15) is 12.6 Å². The number of nitrogens with zero attached hydrogens (tertiary/aromatic N) is 3. The van der Waals surface area contributed by atoms with Crippen LogP contribution in [0.15, 0.2) is 60.7 Å². The molecule has 180 valence electrons. The van der Waals surface area contributed by atoms with Gasteiger partial charge in [-0.15, -0.1) is 0 Å². The van der Waals surface area contributed by atoms with Crippen LogP contribution < -0.4 is 9.62 Å². The van der Waals surface area contributed by atoms with E-state index in [-0.39, 0.29) is 18.5 Å². The third kappa shape index (κ3) is 7.03.